The number of halogens is 1. The molecule has 0 radical (unpaired) electrons. The highest BCUT2D eigenvalue weighted by Gasteiger charge is 2.28. The van der Waals surface area contributed by atoms with Gasteiger partial charge >= 0.3 is 0 Å². The first-order valence-electron chi connectivity index (χ1n) is 9.91. The van der Waals surface area contributed by atoms with Crippen LogP contribution >= 0.6 is 12.6 Å². The molecule has 3 aromatic rings. The van der Waals surface area contributed by atoms with Crippen LogP contribution in [0.4, 0.5) is 4.39 Å². The van der Waals surface area contributed by atoms with E-state index in [1.165, 1.54) is 5.56 Å². The number of hydrogen-bond acceptors (Lipinski definition) is 3. The van der Waals surface area contributed by atoms with Crippen LogP contribution in [0.15, 0.2) is 54.9 Å². The summed E-state index contributed by atoms with van der Waals surface area (Å²) >= 11 is 4.42. The van der Waals surface area contributed by atoms with Gasteiger partial charge in [-0.25, -0.2) is 14.4 Å². The largest absolute Gasteiger partial charge is 0.240 e. The third-order valence-electron chi connectivity index (χ3n) is 5.84. The Morgan fingerprint density at radius 1 is 0.828 bits per heavy atom. The van der Waals surface area contributed by atoms with E-state index in [1.807, 2.05) is 38.4 Å². The first-order valence-corrected chi connectivity index (χ1v) is 10.4. The van der Waals surface area contributed by atoms with Gasteiger partial charge in [0.2, 0.25) is 0 Å². The minimum absolute atomic E-state index is 0.150. The maximum atomic E-state index is 14.1. The van der Waals surface area contributed by atoms with Crippen molar-refractivity contribution in [3.8, 4) is 0 Å². The molecule has 0 saturated carbocycles. The van der Waals surface area contributed by atoms with Gasteiger partial charge in [-0.3, -0.25) is 0 Å². The van der Waals surface area contributed by atoms with Crippen molar-refractivity contribution < 1.29 is 4.39 Å². The standard InChI is InChI=1S/C25H29FN2S/c1-16-14-27-23(28-15-16)25(5,6)19-9-7-18(8-10-19)24(3,4)20-11-12-22(26)21(13-20)17(2)29/h7-15,17,29H,1-6H3. The first kappa shape index (κ1) is 21.5. The number of aromatic nitrogens is 2. The molecule has 4 heteroatoms. The zero-order valence-corrected chi connectivity index (χ0v) is 18.9. The molecule has 0 aliphatic rings. The van der Waals surface area contributed by atoms with Crippen molar-refractivity contribution >= 4 is 12.6 Å². The number of thiol groups is 1. The summed E-state index contributed by atoms with van der Waals surface area (Å²) in [6.45, 7) is 12.5. The highest BCUT2D eigenvalue weighted by atomic mass is 32.1. The van der Waals surface area contributed by atoms with E-state index in [1.54, 1.807) is 6.07 Å². The van der Waals surface area contributed by atoms with Crippen LogP contribution in [0, 0.1) is 12.7 Å². The second-order valence-electron chi connectivity index (χ2n) is 8.82. The minimum Gasteiger partial charge on any atom is -0.240 e. The molecular formula is C25H29FN2S. The Morgan fingerprint density at radius 3 is 1.83 bits per heavy atom. The average Bonchev–Trinajstić information content (AvgIpc) is 2.68. The van der Waals surface area contributed by atoms with Gasteiger partial charge in [0.1, 0.15) is 11.6 Å². The molecule has 0 aliphatic carbocycles. The van der Waals surface area contributed by atoms with Crippen molar-refractivity contribution in [1.29, 1.82) is 0 Å². The highest BCUT2D eigenvalue weighted by Crippen LogP contribution is 2.36. The molecule has 1 atom stereocenters. The normalized spacial score (nSPS) is 13.4. The first-order chi connectivity index (χ1) is 13.5. The molecule has 0 saturated heterocycles. The summed E-state index contributed by atoms with van der Waals surface area (Å²) in [6, 6.07) is 13.9. The fourth-order valence-electron chi connectivity index (χ4n) is 3.57. The smallest absolute Gasteiger partial charge is 0.138 e. The summed E-state index contributed by atoms with van der Waals surface area (Å²) in [5.41, 5.74) is 4.54. The van der Waals surface area contributed by atoms with Crippen LogP contribution in [-0.2, 0) is 10.8 Å². The van der Waals surface area contributed by atoms with Crippen LogP contribution in [0.3, 0.4) is 0 Å². The molecule has 3 rings (SSSR count). The fourth-order valence-corrected chi connectivity index (χ4v) is 3.77. The van der Waals surface area contributed by atoms with Crippen molar-refractivity contribution in [3.05, 3.63) is 94.3 Å². The molecule has 2 aromatic carbocycles. The van der Waals surface area contributed by atoms with Crippen LogP contribution in [-0.4, -0.2) is 9.97 Å². The Bertz CT molecular complexity index is 990. The van der Waals surface area contributed by atoms with Gasteiger partial charge in [-0.1, -0.05) is 50.2 Å². The van der Waals surface area contributed by atoms with E-state index in [9.17, 15) is 4.39 Å². The number of rotatable bonds is 5. The molecule has 152 valence electrons. The third-order valence-corrected chi connectivity index (χ3v) is 6.11. The minimum atomic E-state index is -0.291. The Kier molecular flexibility index (Phi) is 5.86. The van der Waals surface area contributed by atoms with E-state index < -0.39 is 0 Å². The van der Waals surface area contributed by atoms with E-state index in [0.29, 0.717) is 5.56 Å². The van der Waals surface area contributed by atoms with Crippen molar-refractivity contribution in [2.24, 2.45) is 0 Å². The van der Waals surface area contributed by atoms with Gasteiger partial charge < -0.3 is 0 Å². The lowest BCUT2D eigenvalue weighted by molar-refractivity contribution is 0.584. The molecule has 1 aromatic heterocycles. The van der Waals surface area contributed by atoms with E-state index in [2.05, 4.69) is 74.6 Å². The van der Waals surface area contributed by atoms with Crippen LogP contribution < -0.4 is 0 Å². The second-order valence-corrected chi connectivity index (χ2v) is 9.60. The molecule has 0 bridgehead atoms. The predicted octanol–water partition coefficient (Wildman–Crippen LogP) is 6.57. The molecule has 1 unspecified atom stereocenters. The lowest BCUT2D eigenvalue weighted by Gasteiger charge is -2.29. The van der Waals surface area contributed by atoms with Gasteiger partial charge in [0.05, 0.1) is 0 Å². The molecule has 0 spiro atoms. The van der Waals surface area contributed by atoms with Crippen LogP contribution in [0.2, 0.25) is 0 Å². The molecular weight excluding hydrogens is 379 g/mol. The monoisotopic (exact) mass is 408 g/mol. The number of aryl methyl sites for hydroxylation is 1. The van der Waals surface area contributed by atoms with E-state index >= 15 is 0 Å². The van der Waals surface area contributed by atoms with Gasteiger partial charge in [0.15, 0.2) is 0 Å². The SMILES string of the molecule is Cc1cnc(C(C)(C)c2ccc(C(C)(C)c3ccc(F)c(C(C)S)c3)cc2)nc1. The van der Waals surface area contributed by atoms with Gasteiger partial charge in [-0.2, -0.15) is 12.6 Å². The van der Waals surface area contributed by atoms with Crippen LogP contribution in [0.1, 0.15) is 73.5 Å². The number of benzene rings is 2. The lowest BCUT2D eigenvalue weighted by Crippen LogP contribution is -2.23. The average molecular weight is 409 g/mol. The molecule has 1 heterocycles. The summed E-state index contributed by atoms with van der Waals surface area (Å²) in [7, 11) is 0. The Labute approximate surface area is 179 Å². The number of nitrogens with zero attached hydrogens (tertiary/aromatic N) is 2. The Morgan fingerprint density at radius 2 is 1.31 bits per heavy atom. The van der Waals surface area contributed by atoms with Crippen molar-refractivity contribution in [3.63, 3.8) is 0 Å². The summed E-state index contributed by atoms with van der Waals surface area (Å²) in [5, 5.41) is -0.150. The van der Waals surface area contributed by atoms with Gasteiger partial charge in [-0.15, -0.1) is 0 Å². The van der Waals surface area contributed by atoms with Crippen molar-refractivity contribution in [2.75, 3.05) is 0 Å². The van der Waals surface area contributed by atoms with E-state index in [0.717, 1.165) is 22.5 Å². The summed E-state index contributed by atoms with van der Waals surface area (Å²) in [6.07, 6.45) is 3.71. The van der Waals surface area contributed by atoms with Crippen molar-refractivity contribution in [2.45, 2.75) is 57.6 Å². The predicted molar refractivity (Wildman–Crippen MR) is 121 cm³/mol. The maximum Gasteiger partial charge on any atom is 0.138 e. The molecule has 29 heavy (non-hydrogen) atoms. The zero-order chi connectivity index (χ0) is 21.4. The van der Waals surface area contributed by atoms with Gasteiger partial charge in [0, 0.05) is 34.0 Å². The lowest BCUT2D eigenvalue weighted by atomic mass is 9.76. The summed E-state index contributed by atoms with van der Waals surface area (Å²) in [5.74, 6) is 0.600. The van der Waals surface area contributed by atoms with Crippen molar-refractivity contribution in [1.82, 2.24) is 9.97 Å². The number of hydrogen-bond donors (Lipinski definition) is 1. The molecule has 0 fully saturated rings. The molecule has 2 nitrogen and oxygen atoms in total. The van der Waals surface area contributed by atoms with Gasteiger partial charge in [0.25, 0.3) is 0 Å². The second kappa shape index (κ2) is 7.91. The summed E-state index contributed by atoms with van der Waals surface area (Å²) in [4.78, 5) is 9.05. The highest BCUT2D eigenvalue weighted by molar-refractivity contribution is 7.80. The Balaban J connectivity index is 1.95. The maximum absolute atomic E-state index is 14.1. The van der Waals surface area contributed by atoms with E-state index in [-0.39, 0.29) is 21.9 Å². The fraction of sp³-hybridized carbons (Fsp3) is 0.360. The Hall–Kier alpha value is -2.20. The van der Waals surface area contributed by atoms with Crippen LogP contribution in [0.5, 0.6) is 0 Å². The molecule has 0 aliphatic heterocycles. The van der Waals surface area contributed by atoms with Crippen LogP contribution in [0.25, 0.3) is 0 Å². The zero-order valence-electron chi connectivity index (χ0n) is 18.0. The molecule has 0 N–H and O–H groups in total. The quantitative estimate of drug-likeness (QED) is 0.483. The third kappa shape index (κ3) is 4.23. The van der Waals surface area contributed by atoms with Gasteiger partial charge in [-0.05, 0) is 56.0 Å². The summed E-state index contributed by atoms with van der Waals surface area (Å²) < 4.78 is 14.1. The topological polar surface area (TPSA) is 25.8 Å². The van der Waals surface area contributed by atoms with E-state index in [4.69, 9.17) is 0 Å². The molecule has 0 amide bonds.